The van der Waals surface area contributed by atoms with Crippen molar-refractivity contribution < 1.29 is 14.0 Å². The maximum atomic E-state index is 12.6. The predicted octanol–water partition coefficient (Wildman–Crippen LogP) is 2.33. The summed E-state index contributed by atoms with van der Waals surface area (Å²) in [6.45, 7) is 3.61. The predicted molar refractivity (Wildman–Crippen MR) is 101 cm³/mol. The van der Waals surface area contributed by atoms with Crippen LogP contribution in [0.15, 0.2) is 51.9 Å². The lowest BCUT2D eigenvalue weighted by Crippen LogP contribution is -2.54. The molecule has 27 heavy (non-hydrogen) atoms. The van der Waals surface area contributed by atoms with Gasteiger partial charge in [0.25, 0.3) is 11.8 Å². The molecule has 0 saturated heterocycles. The number of oxazole rings is 1. The third-order valence-electron chi connectivity index (χ3n) is 4.10. The van der Waals surface area contributed by atoms with E-state index < -0.39 is 5.91 Å². The lowest BCUT2D eigenvalue weighted by molar-refractivity contribution is -0.118. The maximum Gasteiger partial charge on any atom is 0.292 e. The van der Waals surface area contributed by atoms with Crippen molar-refractivity contribution in [1.29, 1.82) is 0 Å². The molecule has 1 aliphatic rings. The first-order valence-electron chi connectivity index (χ1n) is 8.39. The van der Waals surface area contributed by atoms with E-state index in [9.17, 15) is 9.59 Å². The minimum atomic E-state index is -0.445. The van der Waals surface area contributed by atoms with Crippen molar-refractivity contribution in [2.75, 3.05) is 16.9 Å². The van der Waals surface area contributed by atoms with Crippen LogP contribution in [0.1, 0.15) is 11.5 Å². The molecule has 2 heterocycles. The maximum absolute atomic E-state index is 12.6. The Morgan fingerprint density at radius 1 is 1.19 bits per heavy atom. The van der Waals surface area contributed by atoms with Gasteiger partial charge in [-0.3, -0.25) is 20.0 Å². The zero-order valence-electron chi connectivity index (χ0n) is 14.8. The van der Waals surface area contributed by atoms with Crippen molar-refractivity contribution in [3.05, 3.63) is 53.9 Å². The summed E-state index contributed by atoms with van der Waals surface area (Å²) in [5, 5.41) is 4.08. The van der Waals surface area contributed by atoms with E-state index in [1.807, 2.05) is 31.2 Å². The van der Waals surface area contributed by atoms with Crippen molar-refractivity contribution in [2.45, 2.75) is 13.8 Å². The van der Waals surface area contributed by atoms with E-state index >= 15 is 0 Å². The van der Waals surface area contributed by atoms with Crippen LogP contribution in [0.5, 0.6) is 0 Å². The number of amidine groups is 1. The number of nitrogens with zero attached hydrogens (tertiary/aromatic N) is 3. The molecule has 0 atom stereocenters. The molecule has 2 N–H and O–H groups in total. The number of carbonyl (C=O) groups is 2. The number of fused-ring (bicyclic) bond motifs is 1. The molecule has 1 aromatic heterocycles. The largest absolute Gasteiger partial charge is 0.441 e. The third-order valence-corrected chi connectivity index (χ3v) is 4.10. The Morgan fingerprint density at radius 3 is 2.74 bits per heavy atom. The summed E-state index contributed by atoms with van der Waals surface area (Å²) in [7, 11) is 0. The number of hydrazine groups is 1. The molecular formula is C19H17N5O3. The molecular weight excluding hydrogens is 346 g/mol. The second-order valence-corrected chi connectivity index (χ2v) is 6.21. The zero-order valence-corrected chi connectivity index (χ0v) is 14.8. The van der Waals surface area contributed by atoms with E-state index in [0.717, 1.165) is 5.56 Å². The SMILES string of the molecule is Cc1ccc(N2NC(C(=O)Nc3ccc4oc(C)nc4c3)=NCC2=O)cc1. The van der Waals surface area contributed by atoms with Crippen molar-refractivity contribution in [3.8, 4) is 0 Å². The molecule has 8 heteroatoms. The Balaban J connectivity index is 1.52. The van der Waals surface area contributed by atoms with Crippen molar-refractivity contribution in [3.63, 3.8) is 0 Å². The fourth-order valence-electron chi connectivity index (χ4n) is 2.76. The van der Waals surface area contributed by atoms with Gasteiger partial charge in [0.2, 0.25) is 5.84 Å². The normalized spacial score (nSPS) is 14.1. The van der Waals surface area contributed by atoms with Crippen LogP contribution in [-0.4, -0.2) is 29.2 Å². The van der Waals surface area contributed by atoms with Crippen molar-refractivity contribution in [2.24, 2.45) is 4.99 Å². The highest BCUT2D eigenvalue weighted by Crippen LogP contribution is 2.20. The molecule has 3 aromatic rings. The highest BCUT2D eigenvalue weighted by atomic mass is 16.3. The fourth-order valence-corrected chi connectivity index (χ4v) is 2.76. The number of benzene rings is 2. The summed E-state index contributed by atoms with van der Waals surface area (Å²) in [5.74, 6) is -0.0697. The van der Waals surface area contributed by atoms with Crippen LogP contribution in [0.25, 0.3) is 11.1 Å². The third kappa shape index (κ3) is 3.37. The van der Waals surface area contributed by atoms with Crippen LogP contribution in [0.3, 0.4) is 0 Å². The van der Waals surface area contributed by atoms with Gasteiger partial charge in [-0.2, -0.15) is 0 Å². The number of aryl methyl sites for hydroxylation is 2. The number of aliphatic imine (C=N–C) groups is 1. The zero-order chi connectivity index (χ0) is 19.0. The number of aromatic nitrogens is 1. The summed E-state index contributed by atoms with van der Waals surface area (Å²) >= 11 is 0. The molecule has 0 radical (unpaired) electrons. The van der Waals surface area contributed by atoms with Gasteiger partial charge < -0.3 is 9.73 Å². The van der Waals surface area contributed by atoms with Gasteiger partial charge in [-0.05, 0) is 37.3 Å². The molecule has 1 aliphatic heterocycles. The topological polar surface area (TPSA) is 99.8 Å². The van der Waals surface area contributed by atoms with Gasteiger partial charge in [0.1, 0.15) is 12.1 Å². The van der Waals surface area contributed by atoms with Gasteiger partial charge in [-0.1, -0.05) is 17.7 Å². The van der Waals surface area contributed by atoms with Gasteiger partial charge in [0.05, 0.1) is 5.69 Å². The fraction of sp³-hybridized carbons (Fsp3) is 0.158. The number of hydrogen-bond donors (Lipinski definition) is 2. The van der Waals surface area contributed by atoms with Crippen LogP contribution < -0.4 is 15.8 Å². The Bertz CT molecular complexity index is 1070. The molecule has 0 fully saturated rings. The van der Waals surface area contributed by atoms with E-state index in [-0.39, 0.29) is 18.3 Å². The molecule has 0 aliphatic carbocycles. The molecule has 0 bridgehead atoms. The number of amides is 2. The van der Waals surface area contributed by atoms with Gasteiger partial charge in [-0.15, -0.1) is 0 Å². The summed E-state index contributed by atoms with van der Waals surface area (Å²) in [4.78, 5) is 33.0. The van der Waals surface area contributed by atoms with Crippen LogP contribution in [0.4, 0.5) is 11.4 Å². The van der Waals surface area contributed by atoms with Crippen molar-refractivity contribution >= 4 is 40.1 Å². The monoisotopic (exact) mass is 363 g/mol. The van der Waals surface area contributed by atoms with Crippen LogP contribution in [0.2, 0.25) is 0 Å². The Hall–Kier alpha value is -3.68. The van der Waals surface area contributed by atoms with E-state index in [1.54, 1.807) is 25.1 Å². The summed E-state index contributed by atoms with van der Waals surface area (Å²) in [6, 6.07) is 12.6. The molecule has 2 aromatic carbocycles. The Labute approximate surface area is 154 Å². The van der Waals surface area contributed by atoms with Crippen molar-refractivity contribution in [1.82, 2.24) is 10.4 Å². The van der Waals surface area contributed by atoms with E-state index in [0.29, 0.717) is 28.4 Å². The average molecular weight is 363 g/mol. The summed E-state index contributed by atoms with van der Waals surface area (Å²) in [5.41, 5.74) is 6.37. The smallest absolute Gasteiger partial charge is 0.292 e. The number of anilines is 2. The van der Waals surface area contributed by atoms with Gasteiger partial charge in [0, 0.05) is 12.6 Å². The first-order chi connectivity index (χ1) is 13.0. The Morgan fingerprint density at radius 2 is 1.96 bits per heavy atom. The first-order valence-corrected chi connectivity index (χ1v) is 8.39. The Kier molecular flexibility index (Phi) is 4.08. The van der Waals surface area contributed by atoms with Gasteiger partial charge in [-0.25, -0.2) is 9.99 Å². The highest BCUT2D eigenvalue weighted by molar-refractivity contribution is 6.43. The van der Waals surface area contributed by atoms with Crippen LogP contribution in [0, 0.1) is 13.8 Å². The number of nitrogens with one attached hydrogen (secondary N) is 2. The summed E-state index contributed by atoms with van der Waals surface area (Å²) in [6.07, 6.45) is 0. The number of rotatable bonds is 3. The lowest BCUT2D eigenvalue weighted by atomic mass is 10.2. The van der Waals surface area contributed by atoms with Gasteiger partial charge in [0.15, 0.2) is 11.5 Å². The van der Waals surface area contributed by atoms with Gasteiger partial charge >= 0.3 is 0 Å². The molecule has 0 unspecified atom stereocenters. The second kappa shape index (κ2) is 6.56. The standard InChI is InChI=1S/C19H17N5O3/c1-11-3-6-14(7-4-11)24-17(25)10-20-18(23-24)19(26)22-13-5-8-16-15(9-13)21-12(2)27-16/h3-9H,10H2,1-2H3,(H,20,23)(H,22,26). The number of hydrogen-bond acceptors (Lipinski definition) is 6. The first kappa shape index (κ1) is 16.8. The van der Waals surface area contributed by atoms with E-state index in [4.69, 9.17) is 4.42 Å². The van der Waals surface area contributed by atoms with E-state index in [2.05, 4.69) is 20.7 Å². The van der Waals surface area contributed by atoms with Crippen LogP contribution >= 0.6 is 0 Å². The average Bonchev–Trinajstić information content (AvgIpc) is 3.02. The lowest BCUT2D eigenvalue weighted by Gasteiger charge is -2.27. The molecule has 2 amide bonds. The van der Waals surface area contributed by atoms with Crippen LogP contribution in [-0.2, 0) is 9.59 Å². The molecule has 8 nitrogen and oxygen atoms in total. The summed E-state index contributed by atoms with van der Waals surface area (Å²) < 4.78 is 5.42. The molecule has 0 spiro atoms. The molecule has 136 valence electrons. The number of carbonyl (C=O) groups excluding carboxylic acids is 2. The minimum Gasteiger partial charge on any atom is -0.441 e. The minimum absolute atomic E-state index is 0.0617. The highest BCUT2D eigenvalue weighted by Gasteiger charge is 2.25. The quantitative estimate of drug-likeness (QED) is 0.744. The van der Waals surface area contributed by atoms with E-state index in [1.165, 1.54) is 5.01 Å². The second-order valence-electron chi connectivity index (χ2n) is 6.21. The molecule has 4 rings (SSSR count). The molecule has 0 saturated carbocycles.